The fraction of sp³-hybridized carbons (Fsp3) is 0.105. The van der Waals surface area contributed by atoms with Crippen molar-refractivity contribution in [3.63, 3.8) is 0 Å². The molecule has 0 saturated carbocycles. The van der Waals surface area contributed by atoms with Gasteiger partial charge in [-0.2, -0.15) is 10.5 Å². The van der Waals surface area contributed by atoms with E-state index in [-0.39, 0.29) is 0 Å². The molecule has 2 aromatic rings. The predicted octanol–water partition coefficient (Wildman–Crippen LogP) is 3.11. The lowest BCUT2D eigenvalue weighted by atomic mass is 9.95. The Morgan fingerprint density at radius 3 is 2.39 bits per heavy atom. The van der Waals surface area contributed by atoms with Crippen LogP contribution in [0.25, 0.3) is 17.2 Å². The summed E-state index contributed by atoms with van der Waals surface area (Å²) < 4.78 is 0. The highest BCUT2D eigenvalue weighted by Gasteiger charge is 2.31. The van der Waals surface area contributed by atoms with Crippen LogP contribution in [0, 0.1) is 29.6 Å². The van der Waals surface area contributed by atoms with Crippen LogP contribution in [0.2, 0.25) is 0 Å². The number of aromatic nitrogens is 1. The first-order valence-electron chi connectivity index (χ1n) is 7.22. The summed E-state index contributed by atoms with van der Waals surface area (Å²) in [7, 11) is 0. The lowest BCUT2D eigenvalue weighted by Crippen LogP contribution is -2.20. The van der Waals surface area contributed by atoms with Crippen LogP contribution in [-0.4, -0.2) is 0 Å². The van der Waals surface area contributed by atoms with E-state index >= 15 is 0 Å². The summed E-state index contributed by atoms with van der Waals surface area (Å²) in [5.41, 5.74) is 12.2. The zero-order valence-corrected chi connectivity index (χ0v) is 12.9. The molecule has 0 saturated heterocycles. The van der Waals surface area contributed by atoms with Gasteiger partial charge in [-0.05, 0) is 42.2 Å². The largest absolute Gasteiger partial charge is 0.289 e. The number of fused-ring (bicyclic) bond motifs is 1. The van der Waals surface area contributed by atoms with E-state index in [2.05, 4.69) is 17.1 Å². The summed E-state index contributed by atoms with van der Waals surface area (Å²) in [6.45, 7) is 3.79. The van der Waals surface area contributed by atoms with Crippen LogP contribution in [0.4, 0.5) is 5.82 Å². The molecule has 23 heavy (non-hydrogen) atoms. The number of H-pyrrole nitrogens is 1. The second-order valence-corrected chi connectivity index (χ2v) is 5.48. The Kier molecular flexibility index (Phi) is 3.44. The van der Waals surface area contributed by atoms with E-state index < -0.39 is 0 Å². The first-order valence-corrected chi connectivity index (χ1v) is 7.22. The molecule has 3 N–H and O–H groups in total. The van der Waals surface area contributed by atoms with E-state index in [0.717, 1.165) is 27.8 Å². The maximum atomic E-state index is 9.51. The van der Waals surface area contributed by atoms with E-state index in [1.807, 2.05) is 50.3 Å². The van der Waals surface area contributed by atoms with Gasteiger partial charge in [-0.3, -0.25) is 5.73 Å². The molecule has 4 heteroatoms. The van der Waals surface area contributed by atoms with Crippen LogP contribution >= 0.6 is 0 Å². The second kappa shape index (κ2) is 5.44. The molecular weight excluding hydrogens is 284 g/mol. The monoisotopic (exact) mass is 299 g/mol. The molecule has 110 valence electrons. The molecule has 4 nitrogen and oxygen atoms in total. The molecule has 0 atom stereocenters. The Balaban J connectivity index is 2.35. The number of anilines is 1. The van der Waals surface area contributed by atoms with Crippen molar-refractivity contribution in [2.24, 2.45) is 0 Å². The molecule has 0 radical (unpaired) electrons. The van der Waals surface area contributed by atoms with Gasteiger partial charge in [-0.25, -0.2) is 4.98 Å². The molecule has 1 aromatic heterocycles. The SMILES string of the molecule is CC1=C(C#N)c2[nH+]c(N)c(C#N)c(C)c2C1=Cc1ccccc1. The molecule has 3 rings (SSSR count). The molecule has 0 aliphatic heterocycles. The van der Waals surface area contributed by atoms with E-state index in [1.54, 1.807) is 0 Å². The summed E-state index contributed by atoms with van der Waals surface area (Å²) in [5, 5.41) is 18.9. The minimum atomic E-state index is 0.297. The van der Waals surface area contributed by atoms with Crippen molar-refractivity contribution in [2.75, 3.05) is 5.73 Å². The number of hydrogen-bond donors (Lipinski definition) is 1. The number of nitrogens with two attached hydrogens (primary N) is 1. The first-order chi connectivity index (χ1) is 11.1. The molecule has 1 aliphatic carbocycles. The van der Waals surface area contributed by atoms with Crippen molar-refractivity contribution in [3.05, 3.63) is 63.9 Å². The van der Waals surface area contributed by atoms with Gasteiger partial charge in [0.2, 0.25) is 0 Å². The van der Waals surface area contributed by atoms with Gasteiger partial charge in [0, 0.05) is 5.56 Å². The fourth-order valence-corrected chi connectivity index (χ4v) is 2.99. The number of benzene rings is 1. The maximum Gasteiger partial charge on any atom is 0.289 e. The van der Waals surface area contributed by atoms with Gasteiger partial charge in [0.05, 0.1) is 0 Å². The van der Waals surface area contributed by atoms with Gasteiger partial charge in [0.25, 0.3) is 5.82 Å². The van der Waals surface area contributed by atoms with Crippen LogP contribution in [-0.2, 0) is 0 Å². The van der Waals surface area contributed by atoms with E-state index in [1.165, 1.54) is 0 Å². The van der Waals surface area contributed by atoms with Crippen LogP contribution < -0.4 is 10.7 Å². The number of nitrogens with zero attached hydrogens (tertiary/aromatic N) is 2. The predicted molar refractivity (Wildman–Crippen MR) is 89.4 cm³/mol. The lowest BCUT2D eigenvalue weighted by molar-refractivity contribution is -0.364. The van der Waals surface area contributed by atoms with Crippen molar-refractivity contribution in [2.45, 2.75) is 13.8 Å². The Morgan fingerprint density at radius 2 is 1.78 bits per heavy atom. The summed E-state index contributed by atoms with van der Waals surface area (Å²) in [5.74, 6) is 0.297. The Bertz CT molecular complexity index is 952. The summed E-state index contributed by atoms with van der Waals surface area (Å²) >= 11 is 0. The first kappa shape index (κ1) is 14.6. The number of pyridine rings is 1. The second-order valence-electron chi connectivity index (χ2n) is 5.48. The van der Waals surface area contributed by atoms with Crippen LogP contribution in [0.5, 0.6) is 0 Å². The van der Waals surface area contributed by atoms with Crippen LogP contribution in [0.15, 0.2) is 35.9 Å². The molecule has 0 bridgehead atoms. The average Bonchev–Trinajstić information content (AvgIpc) is 2.80. The zero-order valence-electron chi connectivity index (χ0n) is 12.9. The Labute approximate surface area is 134 Å². The number of nitriles is 2. The van der Waals surface area contributed by atoms with E-state index in [4.69, 9.17) is 5.73 Å². The van der Waals surface area contributed by atoms with Crippen molar-refractivity contribution >= 4 is 23.0 Å². The summed E-state index contributed by atoms with van der Waals surface area (Å²) in [6.07, 6.45) is 2.04. The molecule has 1 aromatic carbocycles. The van der Waals surface area contributed by atoms with Gasteiger partial charge in [0.15, 0.2) is 5.69 Å². The van der Waals surface area contributed by atoms with Gasteiger partial charge in [-0.1, -0.05) is 30.3 Å². The highest BCUT2D eigenvalue weighted by molar-refractivity contribution is 6.07. The third-order valence-electron chi connectivity index (χ3n) is 4.16. The number of rotatable bonds is 1. The molecule has 0 fully saturated rings. The topological polar surface area (TPSA) is 87.7 Å². The molecule has 0 amide bonds. The minimum Gasteiger partial charge on any atom is -0.286 e. The normalized spacial score (nSPS) is 14.5. The van der Waals surface area contributed by atoms with Gasteiger partial charge in [-0.15, -0.1) is 0 Å². The molecular formula is C19H15N4+. The minimum absolute atomic E-state index is 0.297. The summed E-state index contributed by atoms with van der Waals surface area (Å²) in [6, 6.07) is 14.3. The lowest BCUT2D eigenvalue weighted by Gasteiger charge is -2.08. The van der Waals surface area contributed by atoms with Crippen molar-refractivity contribution in [3.8, 4) is 12.1 Å². The van der Waals surface area contributed by atoms with Crippen LogP contribution in [0.3, 0.4) is 0 Å². The standard InChI is InChI=1S/C19H14N4/c1-11-14(8-13-6-4-3-5-7-13)17-12(2)16(10-21)19(22)23-18(17)15(11)9-20/h3-8H,1-2H3,(H2,22,23)/p+1. The zero-order chi connectivity index (χ0) is 16.6. The molecule has 1 aliphatic rings. The molecule has 0 unspecified atom stereocenters. The smallest absolute Gasteiger partial charge is 0.286 e. The van der Waals surface area contributed by atoms with Gasteiger partial charge < -0.3 is 0 Å². The van der Waals surface area contributed by atoms with E-state index in [9.17, 15) is 10.5 Å². The third-order valence-corrected chi connectivity index (χ3v) is 4.16. The third kappa shape index (κ3) is 2.18. The molecule has 0 spiro atoms. The molecule has 1 heterocycles. The number of nitrogen functional groups attached to an aromatic ring is 1. The van der Waals surface area contributed by atoms with Gasteiger partial charge in [0.1, 0.15) is 23.3 Å². The average molecular weight is 299 g/mol. The van der Waals surface area contributed by atoms with Crippen molar-refractivity contribution < 1.29 is 4.98 Å². The van der Waals surface area contributed by atoms with Crippen molar-refractivity contribution in [1.82, 2.24) is 0 Å². The Hall–Kier alpha value is -3.37. The quantitative estimate of drug-likeness (QED) is 0.877. The fourth-order valence-electron chi connectivity index (χ4n) is 2.99. The van der Waals surface area contributed by atoms with Crippen LogP contribution in [0.1, 0.15) is 34.9 Å². The Morgan fingerprint density at radius 1 is 1.09 bits per heavy atom. The maximum absolute atomic E-state index is 9.51. The highest BCUT2D eigenvalue weighted by Crippen LogP contribution is 2.42. The van der Waals surface area contributed by atoms with Gasteiger partial charge >= 0.3 is 0 Å². The summed E-state index contributed by atoms with van der Waals surface area (Å²) in [4.78, 5) is 3.03. The number of nitrogens with one attached hydrogen (secondary N) is 1. The highest BCUT2D eigenvalue weighted by atomic mass is 14.9. The van der Waals surface area contributed by atoms with E-state index in [0.29, 0.717) is 22.6 Å². The van der Waals surface area contributed by atoms with Crippen molar-refractivity contribution in [1.29, 1.82) is 10.5 Å². The number of aromatic amines is 1. The number of hydrogen-bond acceptors (Lipinski definition) is 3. The number of allylic oxidation sites excluding steroid dienone is 3.